The third-order valence-corrected chi connectivity index (χ3v) is 6.69. The van der Waals surface area contributed by atoms with Crippen molar-refractivity contribution in [3.8, 4) is 0 Å². The van der Waals surface area contributed by atoms with Crippen LogP contribution in [0.15, 0.2) is 29.3 Å². The first-order valence-corrected chi connectivity index (χ1v) is 10.7. The first kappa shape index (κ1) is 18.3. The van der Waals surface area contributed by atoms with Crippen LogP contribution in [0.1, 0.15) is 66.0 Å². The quantitative estimate of drug-likeness (QED) is 0.669. The Labute approximate surface area is 170 Å². The fraction of sp³-hybridized carbons (Fsp3) is 0.478. The van der Waals surface area contributed by atoms with Gasteiger partial charge in [-0.25, -0.2) is 4.98 Å². The molecule has 29 heavy (non-hydrogen) atoms. The van der Waals surface area contributed by atoms with Gasteiger partial charge in [0.05, 0.1) is 0 Å². The molecular weight excluding hydrogens is 362 g/mol. The Bertz CT molecular complexity index is 1130. The van der Waals surface area contributed by atoms with Crippen LogP contribution in [0, 0.1) is 13.8 Å². The van der Waals surface area contributed by atoms with Crippen molar-refractivity contribution in [1.82, 2.24) is 19.6 Å². The van der Waals surface area contributed by atoms with E-state index in [1.54, 1.807) is 6.20 Å². The van der Waals surface area contributed by atoms with E-state index in [0.717, 1.165) is 36.5 Å². The highest BCUT2D eigenvalue weighted by Crippen LogP contribution is 2.34. The molecule has 0 atom stereocenters. The smallest absolute Gasteiger partial charge is 0.274 e. The van der Waals surface area contributed by atoms with Crippen LogP contribution in [0.5, 0.6) is 0 Å². The zero-order valence-electron chi connectivity index (χ0n) is 17.2. The lowest BCUT2D eigenvalue weighted by atomic mass is 9.84. The Balaban J connectivity index is 1.51. The second-order valence-corrected chi connectivity index (χ2v) is 8.47. The normalized spacial score (nSPS) is 17.5. The van der Waals surface area contributed by atoms with Crippen LogP contribution in [-0.4, -0.2) is 26.1 Å². The van der Waals surface area contributed by atoms with Gasteiger partial charge in [-0.3, -0.25) is 9.78 Å². The maximum atomic E-state index is 12.3. The van der Waals surface area contributed by atoms with Crippen LogP contribution in [0.4, 0.5) is 5.82 Å². The third kappa shape index (κ3) is 3.20. The molecule has 0 amide bonds. The summed E-state index contributed by atoms with van der Waals surface area (Å²) in [4.78, 5) is 23.8. The zero-order valence-corrected chi connectivity index (χ0v) is 17.2. The third-order valence-electron chi connectivity index (χ3n) is 6.69. The lowest BCUT2D eigenvalue weighted by Gasteiger charge is -2.31. The molecule has 0 aromatic carbocycles. The van der Waals surface area contributed by atoms with Crippen LogP contribution < -0.4 is 10.5 Å². The molecule has 0 saturated heterocycles. The van der Waals surface area contributed by atoms with E-state index in [9.17, 15) is 4.79 Å². The number of hydrogen-bond acceptors (Lipinski definition) is 5. The minimum atomic E-state index is -0.141. The van der Waals surface area contributed by atoms with Gasteiger partial charge in [0.25, 0.3) is 5.56 Å². The topological polar surface area (TPSA) is 63.4 Å². The van der Waals surface area contributed by atoms with E-state index in [4.69, 9.17) is 10.1 Å². The Hall–Kier alpha value is -2.76. The minimum absolute atomic E-state index is 0.141. The van der Waals surface area contributed by atoms with E-state index in [1.165, 1.54) is 59.5 Å². The summed E-state index contributed by atoms with van der Waals surface area (Å²) in [6.45, 7) is 5.74. The van der Waals surface area contributed by atoms with Crippen molar-refractivity contribution in [2.24, 2.45) is 0 Å². The highest BCUT2D eigenvalue weighted by Gasteiger charge is 2.24. The molecule has 3 aromatic rings. The summed E-state index contributed by atoms with van der Waals surface area (Å²) < 4.78 is 1.43. The second kappa shape index (κ2) is 7.25. The summed E-state index contributed by atoms with van der Waals surface area (Å²) in [5, 5.41) is 4.69. The lowest BCUT2D eigenvalue weighted by Crippen LogP contribution is -2.34. The maximum Gasteiger partial charge on any atom is 0.274 e. The maximum absolute atomic E-state index is 12.3. The fourth-order valence-electron chi connectivity index (χ4n) is 4.84. The first-order valence-electron chi connectivity index (χ1n) is 10.7. The predicted octanol–water partition coefficient (Wildman–Crippen LogP) is 3.71. The van der Waals surface area contributed by atoms with Crippen LogP contribution in [0.3, 0.4) is 0 Å². The highest BCUT2D eigenvalue weighted by molar-refractivity contribution is 5.59. The molecule has 3 aromatic heterocycles. The fourth-order valence-corrected chi connectivity index (χ4v) is 4.84. The van der Waals surface area contributed by atoms with E-state index in [-0.39, 0.29) is 5.56 Å². The van der Waals surface area contributed by atoms with E-state index in [1.807, 2.05) is 6.92 Å². The number of anilines is 1. The van der Waals surface area contributed by atoms with E-state index in [0.29, 0.717) is 11.6 Å². The first-order chi connectivity index (χ1) is 14.1. The standard InChI is InChI=1S/C23H27N5O/c1-15-16(2)23(26-28-21(29)8-10-24-22(15)28)27-11-9-20-19(14-27)12-18(13-25-20)17-6-4-3-5-7-17/h8,10,12-13,17H,3-7,9,11,14H2,1-2H3. The zero-order chi connectivity index (χ0) is 20.0. The van der Waals surface area contributed by atoms with Gasteiger partial charge in [0.2, 0.25) is 0 Å². The van der Waals surface area contributed by atoms with Crippen LogP contribution in [0.25, 0.3) is 5.65 Å². The van der Waals surface area contributed by atoms with Gasteiger partial charge in [-0.2, -0.15) is 4.52 Å². The van der Waals surface area contributed by atoms with Crippen LogP contribution in [0.2, 0.25) is 0 Å². The number of pyridine rings is 1. The molecule has 1 saturated carbocycles. The van der Waals surface area contributed by atoms with Crippen LogP contribution >= 0.6 is 0 Å². The Kier molecular flexibility index (Phi) is 4.57. The number of fused-ring (bicyclic) bond motifs is 2. The summed E-state index contributed by atoms with van der Waals surface area (Å²) >= 11 is 0. The molecule has 0 bridgehead atoms. The molecule has 150 valence electrons. The minimum Gasteiger partial charge on any atom is -0.350 e. The average Bonchev–Trinajstić information content (AvgIpc) is 2.76. The number of aromatic nitrogens is 4. The number of nitrogens with zero attached hydrogens (tertiary/aromatic N) is 5. The van der Waals surface area contributed by atoms with E-state index in [2.05, 4.69) is 29.1 Å². The predicted molar refractivity (Wildman–Crippen MR) is 114 cm³/mol. The van der Waals surface area contributed by atoms with Crippen molar-refractivity contribution >= 4 is 11.5 Å². The summed E-state index contributed by atoms with van der Waals surface area (Å²) in [5.41, 5.74) is 6.49. The van der Waals surface area contributed by atoms with Crippen molar-refractivity contribution in [3.05, 3.63) is 62.8 Å². The molecule has 1 aliphatic carbocycles. The van der Waals surface area contributed by atoms with Crippen molar-refractivity contribution in [3.63, 3.8) is 0 Å². The van der Waals surface area contributed by atoms with Gasteiger partial charge in [0, 0.05) is 54.8 Å². The molecule has 0 N–H and O–H groups in total. The van der Waals surface area contributed by atoms with Crippen molar-refractivity contribution in [2.45, 2.75) is 64.8 Å². The number of rotatable bonds is 2. The van der Waals surface area contributed by atoms with Gasteiger partial charge >= 0.3 is 0 Å². The summed E-state index contributed by atoms with van der Waals surface area (Å²) in [5.74, 6) is 1.53. The summed E-state index contributed by atoms with van der Waals surface area (Å²) in [7, 11) is 0. The van der Waals surface area contributed by atoms with Crippen molar-refractivity contribution < 1.29 is 0 Å². The SMILES string of the molecule is Cc1c(N2CCc3ncc(C4CCCCC4)cc3C2)nn2c(=O)ccnc2c1C. The molecule has 5 rings (SSSR count). The molecular formula is C23H27N5O. The van der Waals surface area contributed by atoms with Gasteiger partial charge in [-0.15, -0.1) is 5.10 Å². The number of aryl methyl sites for hydroxylation is 1. The Morgan fingerprint density at radius 2 is 1.90 bits per heavy atom. The highest BCUT2D eigenvalue weighted by atomic mass is 16.1. The second-order valence-electron chi connectivity index (χ2n) is 8.47. The molecule has 0 radical (unpaired) electrons. The molecule has 0 spiro atoms. The van der Waals surface area contributed by atoms with Gasteiger partial charge in [-0.1, -0.05) is 25.3 Å². The molecule has 6 nitrogen and oxygen atoms in total. The Morgan fingerprint density at radius 1 is 1.07 bits per heavy atom. The molecule has 6 heteroatoms. The van der Waals surface area contributed by atoms with Gasteiger partial charge in [0.1, 0.15) is 0 Å². The van der Waals surface area contributed by atoms with E-state index >= 15 is 0 Å². The van der Waals surface area contributed by atoms with Crippen molar-refractivity contribution in [1.29, 1.82) is 0 Å². The van der Waals surface area contributed by atoms with Gasteiger partial charge < -0.3 is 4.90 Å². The largest absolute Gasteiger partial charge is 0.350 e. The molecule has 1 fully saturated rings. The molecule has 4 heterocycles. The van der Waals surface area contributed by atoms with Crippen molar-refractivity contribution in [2.75, 3.05) is 11.4 Å². The van der Waals surface area contributed by atoms with E-state index < -0.39 is 0 Å². The van der Waals surface area contributed by atoms with Gasteiger partial charge in [-0.05, 0) is 43.7 Å². The summed E-state index contributed by atoms with van der Waals surface area (Å²) in [6.07, 6.45) is 11.2. The lowest BCUT2D eigenvalue weighted by molar-refractivity contribution is 0.442. The van der Waals surface area contributed by atoms with Crippen LogP contribution in [-0.2, 0) is 13.0 Å². The molecule has 2 aliphatic rings. The Morgan fingerprint density at radius 3 is 2.72 bits per heavy atom. The van der Waals surface area contributed by atoms with Gasteiger partial charge in [0.15, 0.2) is 11.5 Å². The summed E-state index contributed by atoms with van der Waals surface area (Å²) in [6, 6.07) is 3.84. The molecule has 1 aliphatic heterocycles. The average molecular weight is 390 g/mol. The molecule has 0 unspecified atom stereocenters. The monoisotopic (exact) mass is 389 g/mol. The number of hydrogen-bond donors (Lipinski definition) is 0.